The second-order valence-corrected chi connectivity index (χ2v) is 7.63. The van der Waals surface area contributed by atoms with Gasteiger partial charge < -0.3 is 9.47 Å². The van der Waals surface area contributed by atoms with Crippen LogP contribution in [0.4, 0.5) is 0 Å². The zero-order chi connectivity index (χ0) is 17.8. The minimum absolute atomic E-state index is 0.723. The average molecular weight is 372 g/mol. The quantitative estimate of drug-likeness (QED) is 0.517. The lowest BCUT2D eigenvalue weighted by Gasteiger charge is -2.10. The third-order valence-corrected chi connectivity index (χ3v) is 6.00. The van der Waals surface area contributed by atoms with E-state index in [0.29, 0.717) is 0 Å². The highest BCUT2D eigenvalue weighted by atomic mass is 32.2. The first-order valence-electron chi connectivity index (χ1n) is 7.98. The van der Waals surface area contributed by atoms with Crippen molar-refractivity contribution < 1.29 is 9.47 Å². The van der Waals surface area contributed by atoms with E-state index >= 15 is 0 Å². The summed E-state index contributed by atoms with van der Waals surface area (Å²) in [6.07, 6.45) is 0. The molecule has 0 unspecified atom stereocenters. The Balaban J connectivity index is 1.78. The highest BCUT2D eigenvalue weighted by molar-refractivity contribution is 7.98. The monoisotopic (exact) mass is 371 g/mol. The number of rotatable bonds is 6. The Bertz CT molecular complexity index is 874. The molecular weight excluding hydrogens is 350 g/mol. The zero-order valence-electron chi connectivity index (χ0n) is 14.8. The molecule has 1 heterocycles. The molecule has 2 aromatic carbocycles. The average Bonchev–Trinajstić information content (AvgIpc) is 3.10. The van der Waals surface area contributed by atoms with Gasteiger partial charge in [-0.25, -0.2) is 4.98 Å². The predicted octanol–water partition coefficient (Wildman–Crippen LogP) is 5.74. The predicted molar refractivity (Wildman–Crippen MR) is 106 cm³/mol. The van der Waals surface area contributed by atoms with Gasteiger partial charge in [-0.2, -0.15) is 0 Å². The Morgan fingerprint density at radius 2 is 1.88 bits per heavy atom. The smallest absolute Gasteiger partial charge is 0.170 e. The van der Waals surface area contributed by atoms with Crippen molar-refractivity contribution in [3.63, 3.8) is 0 Å². The second-order valence-electron chi connectivity index (χ2n) is 5.72. The van der Waals surface area contributed by atoms with Crippen molar-refractivity contribution in [1.29, 1.82) is 0 Å². The molecule has 3 aromatic rings. The van der Waals surface area contributed by atoms with Crippen molar-refractivity contribution in [3.05, 3.63) is 58.6 Å². The Morgan fingerprint density at radius 3 is 2.60 bits per heavy atom. The first kappa shape index (κ1) is 17.8. The maximum atomic E-state index is 5.52. The van der Waals surface area contributed by atoms with Gasteiger partial charge in [-0.15, -0.1) is 23.1 Å². The summed E-state index contributed by atoms with van der Waals surface area (Å²) in [4.78, 5) is 6.06. The fourth-order valence-corrected chi connectivity index (χ4v) is 4.35. The molecule has 0 fully saturated rings. The fraction of sp³-hybridized carbons (Fsp3) is 0.250. The Kier molecular flexibility index (Phi) is 5.66. The molecule has 0 aliphatic heterocycles. The number of ether oxygens (including phenoxy) is 2. The lowest BCUT2D eigenvalue weighted by atomic mass is 10.1. The molecule has 0 atom stereocenters. The molecule has 0 aliphatic carbocycles. The van der Waals surface area contributed by atoms with E-state index in [9.17, 15) is 0 Å². The van der Waals surface area contributed by atoms with Gasteiger partial charge in [-0.1, -0.05) is 12.1 Å². The van der Waals surface area contributed by atoms with Crippen LogP contribution in [-0.2, 0) is 5.75 Å². The first-order chi connectivity index (χ1) is 12.1. The van der Waals surface area contributed by atoms with E-state index in [1.165, 1.54) is 16.0 Å². The molecule has 0 saturated carbocycles. The molecule has 25 heavy (non-hydrogen) atoms. The molecule has 0 bridgehead atoms. The van der Waals surface area contributed by atoms with Crippen LogP contribution in [0.2, 0.25) is 0 Å². The van der Waals surface area contributed by atoms with Crippen LogP contribution in [0.25, 0.3) is 10.6 Å². The van der Waals surface area contributed by atoms with Gasteiger partial charge in [0.05, 0.1) is 25.5 Å². The van der Waals surface area contributed by atoms with Crippen LogP contribution < -0.4 is 9.47 Å². The molecule has 3 nitrogen and oxygen atoms in total. The number of methoxy groups -OCH3 is 2. The lowest BCUT2D eigenvalue weighted by molar-refractivity contribution is 0.356. The number of nitrogens with zero attached hydrogens (tertiary/aromatic N) is 1. The van der Waals surface area contributed by atoms with Gasteiger partial charge >= 0.3 is 0 Å². The van der Waals surface area contributed by atoms with E-state index in [2.05, 4.69) is 37.4 Å². The fourth-order valence-electron chi connectivity index (χ4n) is 2.51. The van der Waals surface area contributed by atoms with Gasteiger partial charge in [0, 0.05) is 16.0 Å². The van der Waals surface area contributed by atoms with Crippen LogP contribution in [0.15, 0.2) is 46.7 Å². The summed E-state index contributed by atoms with van der Waals surface area (Å²) in [6.45, 7) is 4.29. The van der Waals surface area contributed by atoms with E-state index in [-0.39, 0.29) is 0 Å². The van der Waals surface area contributed by atoms with Crippen LogP contribution >= 0.6 is 23.1 Å². The Labute approximate surface area is 157 Å². The number of aryl methyl sites for hydroxylation is 2. The first-order valence-corrected chi connectivity index (χ1v) is 9.84. The summed E-state index contributed by atoms with van der Waals surface area (Å²) in [5.74, 6) is 2.31. The van der Waals surface area contributed by atoms with Crippen molar-refractivity contribution >= 4 is 23.1 Å². The summed E-state index contributed by atoms with van der Waals surface area (Å²) in [6, 6.07) is 12.4. The van der Waals surface area contributed by atoms with Crippen LogP contribution in [0.3, 0.4) is 0 Å². The number of hydrogen-bond donors (Lipinski definition) is 0. The van der Waals surface area contributed by atoms with Gasteiger partial charge in [0.2, 0.25) is 0 Å². The van der Waals surface area contributed by atoms with Crippen LogP contribution in [0.5, 0.6) is 11.5 Å². The summed E-state index contributed by atoms with van der Waals surface area (Å²) in [5.41, 5.74) is 4.69. The number of thioether (sulfide) groups is 1. The SMILES string of the molecule is COc1cccc(-c2nc(CSc3ccc(C)c(C)c3)cs2)c1OC. The Hall–Kier alpha value is -1.98. The summed E-state index contributed by atoms with van der Waals surface area (Å²) >= 11 is 3.44. The van der Waals surface area contributed by atoms with Crippen molar-refractivity contribution in [2.24, 2.45) is 0 Å². The summed E-state index contributed by atoms with van der Waals surface area (Å²) < 4.78 is 10.9. The molecule has 0 radical (unpaired) electrons. The maximum absolute atomic E-state index is 5.52. The molecule has 0 aliphatic rings. The number of aromatic nitrogens is 1. The van der Waals surface area contributed by atoms with Crippen molar-refractivity contribution in [2.75, 3.05) is 14.2 Å². The van der Waals surface area contributed by atoms with Crippen LogP contribution in [0, 0.1) is 13.8 Å². The molecule has 5 heteroatoms. The summed E-state index contributed by atoms with van der Waals surface area (Å²) in [5, 5.41) is 3.06. The van der Waals surface area contributed by atoms with E-state index in [1.807, 2.05) is 30.0 Å². The van der Waals surface area contributed by atoms with Crippen molar-refractivity contribution in [3.8, 4) is 22.1 Å². The number of hydrogen-bond acceptors (Lipinski definition) is 5. The maximum Gasteiger partial charge on any atom is 0.170 e. The largest absolute Gasteiger partial charge is 0.493 e. The van der Waals surface area contributed by atoms with Gasteiger partial charge in [0.15, 0.2) is 11.5 Å². The van der Waals surface area contributed by atoms with Crippen molar-refractivity contribution in [2.45, 2.75) is 24.5 Å². The highest BCUT2D eigenvalue weighted by Gasteiger charge is 2.14. The highest BCUT2D eigenvalue weighted by Crippen LogP contribution is 2.39. The minimum atomic E-state index is 0.723. The molecule has 0 saturated heterocycles. The number of thiazole rings is 1. The van der Waals surface area contributed by atoms with Crippen LogP contribution in [0.1, 0.15) is 16.8 Å². The lowest BCUT2D eigenvalue weighted by Crippen LogP contribution is -1.93. The second kappa shape index (κ2) is 7.93. The number of para-hydroxylation sites is 1. The molecule has 0 amide bonds. The standard InChI is InChI=1S/C20H21NO2S2/c1-13-8-9-16(10-14(13)2)24-11-15-12-25-20(21-15)17-6-5-7-18(22-3)19(17)23-4/h5-10,12H,11H2,1-4H3. The van der Waals surface area contributed by atoms with Crippen molar-refractivity contribution in [1.82, 2.24) is 4.98 Å². The van der Waals surface area contributed by atoms with E-state index in [0.717, 1.165) is 33.5 Å². The molecule has 0 N–H and O–H groups in total. The molecule has 1 aromatic heterocycles. The van der Waals surface area contributed by atoms with Gasteiger partial charge in [0.1, 0.15) is 5.01 Å². The normalized spacial score (nSPS) is 10.7. The van der Waals surface area contributed by atoms with E-state index < -0.39 is 0 Å². The molecular formula is C20H21NO2S2. The van der Waals surface area contributed by atoms with Gasteiger partial charge in [-0.05, 0) is 49.2 Å². The summed E-state index contributed by atoms with van der Waals surface area (Å²) in [7, 11) is 3.31. The van der Waals surface area contributed by atoms with E-state index in [4.69, 9.17) is 14.5 Å². The van der Waals surface area contributed by atoms with Gasteiger partial charge in [-0.3, -0.25) is 0 Å². The molecule has 130 valence electrons. The molecule has 3 rings (SSSR count). The third-order valence-electron chi connectivity index (χ3n) is 4.05. The third kappa shape index (κ3) is 3.99. The Morgan fingerprint density at radius 1 is 1.04 bits per heavy atom. The molecule has 0 spiro atoms. The number of benzene rings is 2. The minimum Gasteiger partial charge on any atom is -0.493 e. The van der Waals surface area contributed by atoms with Gasteiger partial charge in [0.25, 0.3) is 0 Å². The van der Waals surface area contributed by atoms with Crippen LogP contribution in [-0.4, -0.2) is 19.2 Å². The topological polar surface area (TPSA) is 31.4 Å². The van der Waals surface area contributed by atoms with E-state index in [1.54, 1.807) is 25.6 Å². The zero-order valence-corrected chi connectivity index (χ0v) is 16.5.